The van der Waals surface area contributed by atoms with E-state index >= 15 is 0 Å². The van der Waals surface area contributed by atoms with E-state index in [9.17, 15) is 4.79 Å². The molecule has 1 heterocycles. The summed E-state index contributed by atoms with van der Waals surface area (Å²) in [5.74, 6) is 1.96. The molecule has 6 heteroatoms. The molecule has 2 aromatic carbocycles. The summed E-state index contributed by atoms with van der Waals surface area (Å²) in [6, 6.07) is 11.3. The monoisotopic (exact) mass is 401 g/mol. The summed E-state index contributed by atoms with van der Waals surface area (Å²) in [6.07, 6.45) is 4.24. The highest BCUT2D eigenvalue weighted by Crippen LogP contribution is 2.37. The summed E-state index contributed by atoms with van der Waals surface area (Å²) in [5, 5.41) is 9.68. The zero-order chi connectivity index (χ0) is 19.5. The molecule has 1 N–H and O–H groups in total. The first-order valence-corrected chi connectivity index (χ1v) is 10.2. The smallest absolute Gasteiger partial charge is 0.493 e. The number of ether oxygens (including phenoxy) is 2. The van der Waals surface area contributed by atoms with E-state index in [2.05, 4.69) is 4.90 Å². The van der Waals surface area contributed by atoms with Crippen LogP contribution in [0, 0.1) is 5.92 Å². The van der Waals surface area contributed by atoms with Crippen LogP contribution in [0.4, 0.5) is 10.5 Å². The third-order valence-electron chi connectivity index (χ3n) is 5.58. The van der Waals surface area contributed by atoms with E-state index in [0.29, 0.717) is 23.2 Å². The maximum Gasteiger partial charge on any atom is 0.511 e. The predicted octanol–water partition coefficient (Wildman–Crippen LogP) is 5.53. The summed E-state index contributed by atoms with van der Waals surface area (Å²) < 4.78 is 11.1. The minimum absolute atomic E-state index is 0.419. The lowest BCUT2D eigenvalue weighted by Crippen LogP contribution is -2.29. The molecule has 4 rings (SSSR count). The summed E-state index contributed by atoms with van der Waals surface area (Å²) in [5.41, 5.74) is 2.99. The number of halogens is 1. The van der Waals surface area contributed by atoms with Crippen molar-refractivity contribution in [3.8, 4) is 11.5 Å². The van der Waals surface area contributed by atoms with Crippen molar-refractivity contribution in [3.05, 3.63) is 52.5 Å². The zero-order valence-corrected chi connectivity index (χ0v) is 16.5. The van der Waals surface area contributed by atoms with Crippen LogP contribution in [0.1, 0.15) is 36.8 Å². The van der Waals surface area contributed by atoms with Crippen molar-refractivity contribution in [3.63, 3.8) is 0 Å². The van der Waals surface area contributed by atoms with E-state index in [4.69, 9.17) is 26.2 Å². The van der Waals surface area contributed by atoms with Gasteiger partial charge in [0, 0.05) is 34.9 Å². The van der Waals surface area contributed by atoms with Gasteiger partial charge in [-0.15, -0.1) is 0 Å². The summed E-state index contributed by atoms with van der Waals surface area (Å²) in [4.78, 5) is 13.2. The van der Waals surface area contributed by atoms with Gasteiger partial charge in [-0.2, -0.15) is 0 Å². The molecule has 0 bridgehead atoms. The first kappa shape index (κ1) is 18.9. The average Bonchev–Trinajstić information content (AvgIpc) is 2.62. The summed E-state index contributed by atoms with van der Waals surface area (Å²) >= 11 is 6.26. The third-order valence-corrected chi connectivity index (χ3v) is 5.82. The maximum absolute atomic E-state index is 11.0. The minimum Gasteiger partial charge on any atom is -0.493 e. The molecule has 0 radical (unpaired) electrons. The van der Waals surface area contributed by atoms with Crippen LogP contribution in [-0.4, -0.2) is 24.4 Å². The molecule has 2 aliphatic rings. The van der Waals surface area contributed by atoms with E-state index in [-0.39, 0.29) is 0 Å². The predicted molar refractivity (Wildman–Crippen MR) is 109 cm³/mol. The molecule has 28 heavy (non-hydrogen) atoms. The van der Waals surface area contributed by atoms with E-state index in [0.717, 1.165) is 48.6 Å². The average molecular weight is 402 g/mol. The van der Waals surface area contributed by atoms with Crippen LogP contribution in [-0.2, 0) is 13.0 Å². The Morgan fingerprint density at radius 3 is 2.79 bits per heavy atom. The van der Waals surface area contributed by atoms with Crippen molar-refractivity contribution < 1.29 is 19.4 Å². The van der Waals surface area contributed by atoms with E-state index in [1.807, 2.05) is 30.3 Å². The first-order valence-electron chi connectivity index (χ1n) is 9.79. The lowest BCUT2D eigenvalue weighted by atomic mass is 9.86. The molecule has 0 amide bonds. The molecule has 1 fully saturated rings. The molecule has 0 atom stereocenters. The fourth-order valence-electron chi connectivity index (χ4n) is 3.91. The number of benzene rings is 2. The second-order valence-corrected chi connectivity index (χ2v) is 7.94. The third kappa shape index (κ3) is 4.20. The molecular formula is C22H24ClNO4. The van der Waals surface area contributed by atoms with E-state index in [1.165, 1.54) is 19.3 Å². The first-order chi connectivity index (χ1) is 13.6. The molecule has 0 unspecified atom stereocenters. The molecule has 0 spiro atoms. The van der Waals surface area contributed by atoms with Gasteiger partial charge in [-0.1, -0.05) is 24.1 Å². The Morgan fingerprint density at radius 1 is 1.18 bits per heavy atom. The molecule has 1 aliphatic heterocycles. The van der Waals surface area contributed by atoms with Gasteiger partial charge in [0.1, 0.15) is 11.5 Å². The van der Waals surface area contributed by atoms with Gasteiger partial charge in [0.2, 0.25) is 0 Å². The lowest BCUT2D eigenvalue weighted by molar-refractivity contribution is 0.144. The fourth-order valence-corrected chi connectivity index (χ4v) is 4.10. The van der Waals surface area contributed by atoms with Crippen molar-refractivity contribution in [1.29, 1.82) is 0 Å². The normalized spacial score (nSPS) is 16.2. The second kappa shape index (κ2) is 8.31. The van der Waals surface area contributed by atoms with E-state index in [1.54, 1.807) is 6.07 Å². The van der Waals surface area contributed by atoms with Gasteiger partial charge in [0.25, 0.3) is 0 Å². The van der Waals surface area contributed by atoms with Gasteiger partial charge in [0.05, 0.1) is 6.61 Å². The van der Waals surface area contributed by atoms with Crippen LogP contribution in [0.2, 0.25) is 5.02 Å². The maximum atomic E-state index is 11.0. The van der Waals surface area contributed by atoms with Gasteiger partial charge < -0.3 is 19.5 Å². The van der Waals surface area contributed by atoms with Crippen LogP contribution >= 0.6 is 11.6 Å². The van der Waals surface area contributed by atoms with Gasteiger partial charge in [-0.05, 0) is 61.9 Å². The van der Waals surface area contributed by atoms with Crippen molar-refractivity contribution in [2.75, 3.05) is 18.1 Å². The van der Waals surface area contributed by atoms with Gasteiger partial charge in [-0.25, -0.2) is 4.79 Å². The van der Waals surface area contributed by atoms with Crippen molar-refractivity contribution in [1.82, 2.24) is 0 Å². The molecule has 2 aromatic rings. The molecule has 5 nitrogen and oxygen atoms in total. The largest absolute Gasteiger partial charge is 0.511 e. The molecule has 148 valence electrons. The lowest BCUT2D eigenvalue weighted by Gasteiger charge is -2.33. The number of rotatable bonds is 6. The Balaban J connectivity index is 1.57. The topological polar surface area (TPSA) is 59.0 Å². The Hall–Kier alpha value is -2.40. The number of fused-ring (bicyclic) bond motifs is 1. The van der Waals surface area contributed by atoms with Crippen molar-refractivity contribution in [2.24, 2.45) is 5.92 Å². The van der Waals surface area contributed by atoms with Crippen molar-refractivity contribution >= 4 is 23.4 Å². The highest BCUT2D eigenvalue weighted by Gasteiger charge is 2.23. The number of hydrogen-bond acceptors (Lipinski definition) is 4. The number of hydrogen-bond donors (Lipinski definition) is 1. The van der Waals surface area contributed by atoms with Crippen LogP contribution in [0.5, 0.6) is 11.5 Å². The van der Waals surface area contributed by atoms with Gasteiger partial charge in [0.15, 0.2) is 0 Å². The van der Waals surface area contributed by atoms with Crippen LogP contribution in [0.25, 0.3) is 0 Å². The SMILES string of the molecule is O=C(O)Oc1cccc2c1CCCN2Cc1cc(Cl)ccc1OCC1CCC1. The second-order valence-electron chi connectivity index (χ2n) is 7.51. The fraction of sp³-hybridized carbons (Fsp3) is 0.409. The Labute approximate surface area is 169 Å². The molecule has 1 saturated carbocycles. The number of nitrogens with zero attached hydrogens (tertiary/aromatic N) is 1. The van der Waals surface area contributed by atoms with Crippen LogP contribution < -0.4 is 14.4 Å². The Kier molecular flexibility index (Phi) is 5.62. The quantitative estimate of drug-likeness (QED) is 0.509. The Morgan fingerprint density at radius 2 is 2.04 bits per heavy atom. The highest BCUT2D eigenvalue weighted by atomic mass is 35.5. The number of carboxylic acid groups (broad SMARTS) is 1. The van der Waals surface area contributed by atoms with E-state index < -0.39 is 6.16 Å². The number of carbonyl (C=O) groups is 1. The van der Waals surface area contributed by atoms with Crippen LogP contribution in [0.3, 0.4) is 0 Å². The summed E-state index contributed by atoms with van der Waals surface area (Å²) in [7, 11) is 0. The zero-order valence-electron chi connectivity index (χ0n) is 15.7. The van der Waals surface area contributed by atoms with Crippen LogP contribution in [0.15, 0.2) is 36.4 Å². The molecular weight excluding hydrogens is 378 g/mol. The standard InChI is InChI=1S/C22H24ClNO4/c23-17-9-10-20(27-14-15-4-1-5-15)16(12-17)13-24-11-3-6-18-19(24)7-2-8-21(18)28-22(25)26/h2,7-10,12,15H,1,3-6,11,13-14H2,(H,25,26). The molecule has 1 aliphatic carbocycles. The number of anilines is 1. The summed E-state index contributed by atoms with van der Waals surface area (Å²) in [6.45, 7) is 2.30. The molecule has 0 aromatic heterocycles. The van der Waals surface area contributed by atoms with Crippen molar-refractivity contribution in [2.45, 2.75) is 38.6 Å². The molecule has 0 saturated heterocycles. The van der Waals surface area contributed by atoms with Gasteiger partial charge in [-0.3, -0.25) is 0 Å². The minimum atomic E-state index is -1.29. The Bertz CT molecular complexity index is 866. The highest BCUT2D eigenvalue weighted by molar-refractivity contribution is 6.30. The van der Waals surface area contributed by atoms with Gasteiger partial charge >= 0.3 is 6.16 Å².